The monoisotopic (exact) mass is 402 g/mol. The van der Waals surface area contributed by atoms with Gasteiger partial charge in [-0.15, -0.1) is 0 Å². The highest BCUT2D eigenvalue weighted by Crippen LogP contribution is 2.30. The number of hydrogen-bond acceptors (Lipinski definition) is 5. The molecule has 0 bridgehead atoms. The van der Waals surface area contributed by atoms with Crippen LogP contribution in [0.1, 0.15) is 26.3 Å². The molecule has 1 atom stereocenters. The summed E-state index contributed by atoms with van der Waals surface area (Å²) in [5.74, 6) is -0.602. The van der Waals surface area contributed by atoms with E-state index in [1.54, 1.807) is 31.2 Å². The van der Waals surface area contributed by atoms with Gasteiger partial charge in [0.25, 0.3) is 5.91 Å². The van der Waals surface area contributed by atoms with Crippen LogP contribution < -0.4 is 20.7 Å². The number of nitrogens with zero attached hydrogens (tertiary/aromatic N) is 1. The second-order valence-corrected chi connectivity index (χ2v) is 7.05. The van der Waals surface area contributed by atoms with Gasteiger partial charge in [-0.1, -0.05) is 18.7 Å². The SMILES string of the molecule is C=C(C)COc1ccc(C2(C)NC(=O)N(CC(=O)NCCNC(C)=O)C2=O)cc1. The molecule has 0 aliphatic carbocycles. The summed E-state index contributed by atoms with van der Waals surface area (Å²) < 4.78 is 5.54. The number of rotatable bonds is 9. The average Bonchev–Trinajstić information content (AvgIpc) is 2.88. The molecule has 9 heteroatoms. The Bertz CT molecular complexity index is 821. The summed E-state index contributed by atoms with van der Waals surface area (Å²) >= 11 is 0. The van der Waals surface area contributed by atoms with Crippen molar-refractivity contribution in [2.24, 2.45) is 0 Å². The van der Waals surface area contributed by atoms with Gasteiger partial charge < -0.3 is 20.7 Å². The van der Waals surface area contributed by atoms with Crippen LogP contribution in [0.5, 0.6) is 5.75 Å². The maximum Gasteiger partial charge on any atom is 0.325 e. The molecule has 3 N–H and O–H groups in total. The first kappa shape index (κ1) is 21.9. The third-order valence-corrected chi connectivity index (χ3v) is 4.31. The smallest absolute Gasteiger partial charge is 0.325 e. The van der Waals surface area contributed by atoms with E-state index in [-0.39, 0.29) is 19.0 Å². The molecule has 1 fully saturated rings. The van der Waals surface area contributed by atoms with Crippen LogP contribution in [-0.2, 0) is 19.9 Å². The van der Waals surface area contributed by atoms with Gasteiger partial charge in [-0.3, -0.25) is 19.3 Å². The van der Waals surface area contributed by atoms with E-state index in [9.17, 15) is 19.2 Å². The van der Waals surface area contributed by atoms with E-state index in [0.717, 1.165) is 10.5 Å². The molecule has 5 amide bonds. The van der Waals surface area contributed by atoms with Gasteiger partial charge in [0.05, 0.1) is 0 Å². The molecule has 0 saturated carbocycles. The quantitative estimate of drug-likeness (QED) is 0.319. The van der Waals surface area contributed by atoms with Crippen LogP contribution in [0.4, 0.5) is 4.79 Å². The van der Waals surface area contributed by atoms with Gasteiger partial charge in [0.2, 0.25) is 11.8 Å². The first-order valence-corrected chi connectivity index (χ1v) is 9.16. The molecule has 1 unspecified atom stereocenters. The Morgan fingerprint density at radius 3 is 2.34 bits per heavy atom. The van der Waals surface area contributed by atoms with Crippen molar-refractivity contribution in [2.45, 2.75) is 26.3 Å². The minimum absolute atomic E-state index is 0.199. The molecular weight excluding hydrogens is 376 g/mol. The lowest BCUT2D eigenvalue weighted by Gasteiger charge is -2.22. The predicted molar refractivity (Wildman–Crippen MR) is 106 cm³/mol. The van der Waals surface area contributed by atoms with Crippen molar-refractivity contribution in [3.8, 4) is 5.75 Å². The maximum atomic E-state index is 12.9. The highest BCUT2D eigenvalue weighted by atomic mass is 16.5. The number of carbonyl (C=O) groups excluding carboxylic acids is 4. The number of urea groups is 1. The summed E-state index contributed by atoms with van der Waals surface area (Å²) in [5.41, 5.74) is 0.179. The summed E-state index contributed by atoms with van der Waals surface area (Å²) in [5, 5.41) is 7.74. The number of hydrogen-bond donors (Lipinski definition) is 3. The molecule has 1 saturated heterocycles. The summed E-state index contributed by atoms with van der Waals surface area (Å²) in [6.45, 7) is 9.03. The highest BCUT2D eigenvalue weighted by Gasteiger charge is 2.49. The van der Waals surface area contributed by atoms with Gasteiger partial charge in [-0.25, -0.2) is 4.79 Å². The molecule has 2 rings (SSSR count). The number of amides is 5. The summed E-state index contributed by atoms with van der Waals surface area (Å²) in [6.07, 6.45) is 0. The van der Waals surface area contributed by atoms with Crippen molar-refractivity contribution in [1.82, 2.24) is 20.9 Å². The fourth-order valence-corrected chi connectivity index (χ4v) is 2.77. The Kier molecular flexibility index (Phi) is 6.98. The number of imide groups is 1. The largest absolute Gasteiger partial charge is 0.489 e. The van der Waals surface area contributed by atoms with Crippen LogP contribution in [0.2, 0.25) is 0 Å². The van der Waals surface area contributed by atoms with Crippen LogP contribution in [0.25, 0.3) is 0 Å². The van der Waals surface area contributed by atoms with Gasteiger partial charge >= 0.3 is 6.03 Å². The molecule has 1 aromatic carbocycles. The summed E-state index contributed by atoms with van der Waals surface area (Å²) in [7, 11) is 0. The van der Waals surface area contributed by atoms with E-state index in [1.165, 1.54) is 6.92 Å². The Morgan fingerprint density at radius 2 is 1.76 bits per heavy atom. The first-order valence-electron chi connectivity index (χ1n) is 9.16. The summed E-state index contributed by atoms with van der Waals surface area (Å²) in [6, 6.07) is 6.17. The average molecular weight is 402 g/mol. The Hall–Kier alpha value is -3.36. The Labute approximate surface area is 169 Å². The fraction of sp³-hybridized carbons (Fsp3) is 0.400. The molecule has 1 aliphatic heterocycles. The minimum atomic E-state index is -1.28. The van der Waals surface area contributed by atoms with Crippen molar-refractivity contribution in [1.29, 1.82) is 0 Å². The van der Waals surface area contributed by atoms with Crippen LogP contribution >= 0.6 is 0 Å². The Morgan fingerprint density at radius 1 is 1.14 bits per heavy atom. The van der Waals surface area contributed by atoms with Crippen LogP contribution in [0.3, 0.4) is 0 Å². The number of nitrogens with one attached hydrogen (secondary N) is 3. The van der Waals surface area contributed by atoms with Crippen molar-refractivity contribution in [2.75, 3.05) is 26.2 Å². The van der Waals surface area contributed by atoms with Crippen molar-refractivity contribution >= 4 is 23.8 Å². The normalized spacial score (nSPS) is 18.2. The van der Waals surface area contributed by atoms with Crippen LogP contribution in [0, 0.1) is 0 Å². The second-order valence-electron chi connectivity index (χ2n) is 7.05. The van der Waals surface area contributed by atoms with Gasteiger partial charge in [0.15, 0.2) is 0 Å². The number of benzene rings is 1. The van der Waals surface area contributed by atoms with Crippen molar-refractivity contribution in [3.63, 3.8) is 0 Å². The van der Waals surface area contributed by atoms with E-state index >= 15 is 0 Å². The van der Waals surface area contributed by atoms with Gasteiger partial charge in [0.1, 0.15) is 24.4 Å². The highest BCUT2D eigenvalue weighted by molar-refractivity contribution is 6.09. The lowest BCUT2D eigenvalue weighted by molar-refractivity contribution is -0.134. The van der Waals surface area contributed by atoms with Crippen LogP contribution in [0.15, 0.2) is 36.4 Å². The molecule has 0 aromatic heterocycles. The third kappa shape index (κ3) is 5.56. The summed E-state index contributed by atoms with van der Waals surface area (Å²) in [4.78, 5) is 48.9. The first-order chi connectivity index (χ1) is 13.6. The Balaban J connectivity index is 2.00. The molecule has 29 heavy (non-hydrogen) atoms. The lowest BCUT2D eigenvalue weighted by Crippen LogP contribution is -2.44. The van der Waals surface area contributed by atoms with E-state index < -0.39 is 29.9 Å². The third-order valence-electron chi connectivity index (χ3n) is 4.31. The van der Waals surface area contributed by atoms with E-state index in [2.05, 4.69) is 22.5 Å². The maximum absolute atomic E-state index is 12.9. The second kappa shape index (κ2) is 9.22. The van der Waals surface area contributed by atoms with E-state index in [4.69, 9.17) is 4.74 Å². The molecule has 9 nitrogen and oxygen atoms in total. The van der Waals surface area contributed by atoms with E-state index in [0.29, 0.717) is 17.9 Å². The fourth-order valence-electron chi connectivity index (χ4n) is 2.77. The number of carbonyl (C=O) groups is 4. The molecule has 1 aliphatic rings. The van der Waals surface area contributed by atoms with Gasteiger partial charge in [-0.2, -0.15) is 0 Å². The van der Waals surface area contributed by atoms with Gasteiger partial charge in [0, 0.05) is 20.0 Å². The molecule has 1 heterocycles. The van der Waals surface area contributed by atoms with Crippen molar-refractivity contribution < 1.29 is 23.9 Å². The molecule has 0 spiro atoms. The molecule has 156 valence electrons. The zero-order valence-corrected chi connectivity index (χ0v) is 16.8. The zero-order chi connectivity index (χ0) is 21.6. The lowest BCUT2D eigenvalue weighted by atomic mass is 9.92. The van der Waals surface area contributed by atoms with Crippen LogP contribution in [-0.4, -0.2) is 54.9 Å². The van der Waals surface area contributed by atoms with Gasteiger partial charge in [-0.05, 0) is 37.1 Å². The predicted octanol–water partition coefficient (Wildman–Crippen LogP) is 0.661. The van der Waals surface area contributed by atoms with E-state index in [1.807, 2.05) is 6.92 Å². The topological polar surface area (TPSA) is 117 Å². The number of ether oxygens (including phenoxy) is 1. The molecular formula is C20H26N4O5. The standard InChI is InChI=1S/C20H26N4O5/c1-13(2)12-29-16-7-5-15(6-8-16)20(4)18(27)24(19(28)23-20)11-17(26)22-10-9-21-14(3)25/h5-8H,1,9-12H2,2-4H3,(H,21,25)(H,22,26)(H,23,28). The molecule has 1 aromatic rings. The minimum Gasteiger partial charge on any atom is -0.489 e. The zero-order valence-electron chi connectivity index (χ0n) is 16.8. The molecule has 0 radical (unpaired) electrons. The van der Waals surface area contributed by atoms with Crippen molar-refractivity contribution in [3.05, 3.63) is 42.0 Å².